The average Bonchev–Trinajstić information content (AvgIpc) is 2.75. The van der Waals surface area contributed by atoms with Crippen molar-refractivity contribution in [1.82, 2.24) is 15.6 Å². The van der Waals surface area contributed by atoms with E-state index in [4.69, 9.17) is 0 Å². The van der Waals surface area contributed by atoms with Crippen LogP contribution >= 0.6 is 0 Å². The molecule has 90 valence electrons. The summed E-state index contributed by atoms with van der Waals surface area (Å²) in [6, 6.07) is 3.18. The molecule has 17 heavy (non-hydrogen) atoms. The van der Waals surface area contributed by atoms with Gasteiger partial charge in [0.05, 0.1) is 6.04 Å². The van der Waals surface area contributed by atoms with Crippen LogP contribution in [0.3, 0.4) is 0 Å². The largest absolute Gasteiger partial charge is 0.373 e. The topological polar surface area (TPSA) is 83.1 Å². The van der Waals surface area contributed by atoms with Crippen molar-refractivity contribution < 1.29 is 9.59 Å². The molecular formula is C11H14N4O2. The van der Waals surface area contributed by atoms with Crippen LogP contribution in [-0.2, 0) is 4.79 Å². The maximum Gasteiger partial charge on any atom is 0.251 e. The molecule has 1 aliphatic heterocycles. The summed E-state index contributed by atoms with van der Waals surface area (Å²) >= 11 is 0. The van der Waals surface area contributed by atoms with E-state index in [0.29, 0.717) is 24.3 Å². The SMILES string of the molecule is CNc1cc(C(=O)NC2CNC(=O)C2)ccn1. The van der Waals surface area contributed by atoms with Gasteiger partial charge in [-0.15, -0.1) is 0 Å². The van der Waals surface area contributed by atoms with Gasteiger partial charge in [0.1, 0.15) is 5.82 Å². The molecule has 0 spiro atoms. The monoisotopic (exact) mass is 234 g/mol. The fourth-order valence-electron chi connectivity index (χ4n) is 1.68. The second-order valence-corrected chi connectivity index (χ2v) is 3.86. The molecule has 1 fully saturated rings. The first-order valence-corrected chi connectivity index (χ1v) is 5.40. The number of carbonyl (C=O) groups is 2. The Hall–Kier alpha value is -2.11. The van der Waals surface area contributed by atoms with Crippen molar-refractivity contribution in [2.24, 2.45) is 0 Å². The summed E-state index contributed by atoms with van der Waals surface area (Å²) < 4.78 is 0. The Morgan fingerprint density at radius 2 is 2.41 bits per heavy atom. The third-order valence-corrected chi connectivity index (χ3v) is 2.59. The zero-order valence-electron chi connectivity index (χ0n) is 9.49. The van der Waals surface area contributed by atoms with E-state index >= 15 is 0 Å². The van der Waals surface area contributed by atoms with Crippen LogP contribution in [0, 0.1) is 0 Å². The van der Waals surface area contributed by atoms with Gasteiger partial charge in [-0.3, -0.25) is 9.59 Å². The van der Waals surface area contributed by atoms with Crippen molar-refractivity contribution in [2.45, 2.75) is 12.5 Å². The Balaban J connectivity index is 2.01. The Bertz CT molecular complexity index is 447. The van der Waals surface area contributed by atoms with Crippen LogP contribution in [-0.4, -0.2) is 36.4 Å². The maximum absolute atomic E-state index is 11.9. The number of amides is 2. The van der Waals surface area contributed by atoms with Gasteiger partial charge < -0.3 is 16.0 Å². The molecule has 1 unspecified atom stereocenters. The van der Waals surface area contributed by atoms with Gasteiger partial charge in [-0.2, -0.15) is 0 Å². The normalized spacial score (nSPS) is 18.6. The van der Waals surface area contributed by atoms with E-state index in [2.05, 4.69) is 20.9 Å². The third-order valence-electron chi connectivity index (χ3n) is 2.59. The standard InChI is InChI=1S/C11H14N4O2/c1-12-9-4-7(2-3-13-9)11(17)15-8-5-10(16)14-6-8/h2-4,8H,5-6H2,1H3,(H,12,13)(H,14,16)(H,15,17). The van der Waals surface area contributed by atoms with Gasteiger partial charge in [0.2, 0.25) is 5.91 Å². The fraction of sp³-hybridized carbons (Fsp3) is 0.364. The van der Waals surface area contributed by atoms with Crippen molar-refractivity contribution in [2.75, 3.05) is 18.9 Å². The number of carbonyl (C=O) groups excluding carboxylic acids is 2. The lowest BCUT2D eigenvalue weighted by atomic mass is 10.2. The number of anilines is 1. The van der Waals surface area contributed by atoms with Crippen LogP contribution in [0.15, 0.2) is 18.3 Å². The Morgan fingerprint density at radius 3 is 3.06 bits per heavy atom. The van der Waals surface area contributed by atoms with E-state index in [1.54, 1.807) is 25.4 Å². The molecule has 1 aromatic heterocycles. The second-order valence-electron chi connectivity index (χ2n) is 3.86. The van der Waals surface area contributed by atoms with Crippen molar-refractivity contribution in [3.63, 3.8) is 0 Å². The van der Waals surface area contributed by atoms with Crippen LogP contribution in [0.2, 0.25) is 0 Å². The molecule has 3 N–H and O–H groups in total. The van der Waals surface area contributed by atoms with Crippen LogP contribution in [0.1, 0.15) is 16.8 Å². The number of aromatic nitrogens is 1. The van der Waals surface area contributed by atoms with Crippen molar-refractivity contribution in [3.8, 4) is 0 Å². The Kier molecular flexibility index (Phi) is 3.22. The predicted octanol–water partition coefficient (Wildman–Crippen LogP) is -0.258. The molecule has 2 rings (SSSR count). The highest BCUT2D eigenvalue weighted by Crippen LogP contribution is 2.07. The number of hydrogen-bond acceptors (Lipinski definition) is 4. The van der Waals surface area contributed by atoms with Crippen LogP contribution in [0.4, 0.5) is 5.82 Å². The smallest absolute Gasteiger partial charge is 0.251 e. The number of nitrogens with zero attached hydrogens (tertiary/aromatic N) is 1. The van der Waals surface area contributed by atoms with Gasteiger partial charge in [0, 0.05) is 31.8 Å². The van der Waals surface area contributed by atoms with E-state index in [9.17, 15) is 9.59 Å². The van der Waals surface area contributed by atoms with Crippen LogP contribution < -0.4 is 16.0 Å². The van der Waals surface area contributed by atoms with Crippen LogP contribution in [0.5, 0.6) is 0 Å². The predicted molar refractivity (Wildman–Crippen MR) is 62.7 cm³/mol. The quantitative estimate of drug-likeness (QED) is 0.673. The molecule has 1 aliphatic rings. The molecule has 1 aromatic rings. The highest BCUT2D eigenvalue weighted by molar-refractivity contribution is 5.95. The van der Waals surface area contributed by atoms with Gasteiger partial charge in [-0.05, 0) is 12.1 Å². The summed E-state index contributed by atoms with van der Waals surface area (Å²) in [5.41, 5.74) is 0.531. The number of hydrogen-bond donors (Lipinski definition) is 3. The lowest BCUT2D eigenvalue weighted by Crippen LogP contribution is -2.36. The number of nitrogens with one attached hydrogen (secondary N) is 3. The minimum absolute atomic E-state index is 0.0269. The lowest BCUT2D eigenvalue weighted by molar-refractivity contribution is -0.119. The molecule has 6 heteroatoms. The zero-order chi connectivity index (χ0) is 12.3. The maximum atomic E-state index is 11.9. The van der Waals surface area contributed by atoms with Gasteiger partial charge in [-0.1, -0.05) is 0 Å². The first-order valence-electron chi connectivity index (χ1n) is 5.40. The molecule has 0 bridgehead atoms. The average molecular weight is 234 g/mol. The molecule has 6 nitrogen and oxygen atoms in total. The highest BCUT2D eigenvalue weighted by atomic mass is 16.2. The Morgan fingerprint density at radius 1 is 1.59 bits per heavy atom. The molecule has 1 atom stereocenters. The van der Waals surface area contributed by atoms with E-state index in [1.807, 2.05) is 0 Å². The first-order chi connectivity index (χ1) is 8.19. The molecule has 2 amide bonds. The van der Waals surface area contributed by atoms with E-state index in [0.717, 1.165) is 0 Å². The van der Waals surface area contributed by atoms with Crippen molar-refractivity contribution >= 4 is 17.6 Å². The van der Waals surface area contributed by atoms with E-state index < -0.39 is 0 Å². The zero-order valence-corrected chi connectivity index (χ0v) is 9.49. The Labute approximate surface area is 98.8 Å². The minimum Gasteiger partial charge on any atom is -0.373 e. The van der Waals surface area contributed by atoms with Gasteiger partial charge in [0.15, 0.2) is 0 Å². The first kappa shape index (κ1) is 11.4. The molecule has 0 aromatic carbocycles. The molecule has 1 saturated heterocycles. The van der Waals surface area contributed by atoms with Crippen molar-refractivity contribution in [3.05, 3.63) is 23.9 Å². The number of rotatable bonds is 3. The molecular weight excluding hydrogens is 220 g/mol. The summed E-state index contributed by atoms with van der Waals surface area (Å²) in [7, 11) is 1.74. The van der Waals surface area contributed by atoms with Gasteiger partial charge in [0.25, 0.3) is 5.91 Å². The molecule has 0 radical (unpaired) electrons. The van der Waals surface area contributed by atoms with E-state index in [-0.39, 0.29) is 17.9 Å². The second kappa shape index (κ2) is 4.82. The van der Waals surface area contributed by atoms with E-state index in [1.165, 1.54) is 0 Å². The highest BCUT2D eigenvalue weighted by Gasteiger charge is 2.23. The summed E-state index contributed by atoms with van der Waals surface area (Å²) in [6.07, 6.45) is 1.91. The fourth-order valence-corrected chi connectivity index (χ4v) is 1.68. The number of pyridine rings is 1. The van der Waals surface area contributed by atoms with Gasteiger partial charge in [-0.25, -0.2) is 4.98 Å². The van der Waals surface area contributed by atoms with Gasteiger partial charge >= 0.3 is 0 Å². The van der Waals surface area contributed by atoms with Crippen molar-refractivity contribution in [1.29, 1.82) is 0 Å². The lowest BCUT2D eigenvalue weighted by Gasteiger charge is -2.10. The minimum atomic E-state index is -0.189. The van der Waals surface area contributed by atoms with Crippen LogP contribution in [0.25, 0.3) is 0 Å². The molecule has 0 saturated carbocycles. The summed E-state index contributed by atoms with van der Waals surface area (Å²) in [4.78, 5) is 26.9. The summed E-state index contributed by atoms with van der Waals surface area (Å²) in [5, 5.41) is 8.34. The summed E-state index contributed by atoms with van der Waals surface area (Å²) in [5.74, 6) is 0.421. The molecule has 0 aliphatic carbocycles. The molecule has 2 heterocycles. The summed E-state index contributed by atoms with van der Waals surface area (Å²) in [6.45, 7) is 0.495. The third kappa shape index (κ3) is 2.72.